The second-order valence-corrected chi connectivity index (χ2v) is 7.75. The third-order valence-corrected chi connectivity index (χ3v) is 4.83. The van der Waals surface area contributed by atoms with Crippen LogP contribution in [-0.4, -0.2) is 46.8 Å². The van der Waals surface area contributed by atoms with Crippen LogP contribution in [0.3, 0.4) is 0 Å². The minimum Gasteiger partial charge on any atom is -0.352 e. The van der Waals surface area contributed by atoms with Gasteiger partial charge < -0.3 is 14.9 Å². The van der Waals surface area contributed by atoms with Gasteiger partial charge in [-0.2, -0.15) is 0 Å². The van der Waals surface area contributed by atoms with Crippen LogP contribution in [-0.2, 0) is 18.3 Å². The largest absolute Gasteiger partial charge is 0.472 e. The van der Waals surface area contributed by atoms with Crippen molar-refractivity contribution in [3.8, 4) is 0 Å². The van der Waals surface area contributed by atoms with Crippen LogP contribution in [0.2, 0.25) is 0 Å². The normalized spacial score (nSPS) is 26.1. The predicted molar refractivity (Wildman–Crippen MR) is 98.9 cm³/mol. The summed E-state index contributed by atoms with van der Waals surface area (Å²) in [6, 6.07) is -0.545. The first-order valence-electron chi connectivity index (χ1n) is 8.27. The summed E-state index contributed by atoms with van der Waals surface area (Å²) >= 11 is 0. The van der Waals surface area contributed by atoms with E-state index in [9.17, 15) is 23.0 Å². The van der Waals surface area contributed by atoms with E-state index < -0.39 is 44.2 Å². The molecule has 0 saturated carbocycles. The summed E-state index contributed by atoms with van der Waals surface area (Å²) in [4.78, 5) is 22.6. The molecule has 0 radical (unpaired) electrons. The number of ether oxygens (including phenoxy) is 1. The van der Waals surface area contributed by atoms with E-state index in [1.165, 1.54) is 0 Å². The molecule has 2 aliphatic heterocycles. The summed E-state index contributed by atoms with van der Waals surface area (Å²) in [6.45, 7) is 8.18. The molecule has 4 unspecified atom stereocenters. The Balaban J connectivity index is 0.00000114. The third-order valence-electron chi connectivity index (χ3n) is 3.54. The van der Waals surface area contributed by atoms with Gasteiger partial charge in [0.05, 0.1) is 24.0 Å². The molecule has 0 aromatic rings. The number of carbonyl (C=O) groups excluding carboxylic acids is 1. The average molecular weight is 430 g/mol. The molecule has 0 spiro atoms. The summed E-state index contributed by atoms with van der Waals surface area (Å²) in [7, 11) is -2.28. The van der Waals surface area contributed by atoms with Crippen LogP contribution in [0, 0.1) is 0 Å². The van der Waals surface area contributed by atoms with Gasteiger partial charge in [0.1, 0.15) is 12.6 Å². The van der Waals surface area contributed by atoms with E-state index in [-0.39, 0.29) is 12.1 Å². The molecular weight excluding hydrogens is 404 g/mol. The van der Waals surface area contributed by atoms with Crippen LogP contribution in [0.4, 0.5) is 13.6 Å². The highest BCUT2D eigenvalue weighted by atomic mass is 31.2. The SMILES string of the molecule is C=C1NC(=O)N(C2CCC([C@H](C)OP(=O)(O)OC(C)C)O2)C=C1F.FCP. The Morgan fingerprint density at radius 3 is 2.63 bits per heavy atom. The molecule has 1 saturated heterocycles. The molecule has 1 fully saturated rings. The molecule has 2 rings (SSSR count). The lowest BCUT2D eigenvalue weighted by Crippen LogP contribution is -2.46. The van der Waals surface area contributed by atoms with Crippen molar-refractivity contribution in [3.05, 3.63) is 24.3 Å². The van der Waals surface area contributed by atoms with Crippen molar-refractivity contribution in [2.75, 3.05) is 6.42 Å². The molecule has 12 heteroatoms. The lowest BCUT2D eigenvalue weighted by Gasteiger charge is -2.30. The highest BCUT2D eigenvalue weighted by molar-refractivity contribution is 7.47. The summed E-state index contributed by atoms with van der Waals surface area (Å²) in [5, 5.41) is 2.29. The van der Waals surface area contributed by atoms with E-state index in [0.717, 1.165) is 11.1 Å². The number of amides is 2. The van der Waals surface area contributed by atoms with Gasteiger partial charge in [0.2, 0.25) is 0 Å². The van der Waals surface area contributed by atoms with Crippen molar-refractivity contribution < 1.29 is 36.8 Å². The number of hydrogen-bond donors (Lipinski definition) is 2. The van der Waals surface area contributed by atoms with Gasteiger partial charge in [-0.25, -0.2) is 18.1 Å². The van der Waals surface area contributed by atoms with Crippen molar-refractivity contribution >= 4 is 23.1 Å². The molecule has 0 bridgehead atoms. The van der Waals surface area contributed by atoms with Crippen LogP contribution in [0.15, 0.2) is 24.3 Å². The van der Waals surface area contributed by atoms with Crippen molar-refractivity contribution in [1.82, 2.24) is 10.2 Å². The Hall–Kier alpha value is -0.890. The number of alkyl halides is 1. The van der Waals surface area contributed by atoms with E-state index in [1.807, 2.05) is 9.24 Å². The standard InChI is InChI=1S/C14H22FN2O6P.CH4FP/c1-8(2)22-24(19,20)23-10(4)12-5-6-13(21-12)17-7-11(15)9(3)16-14(17)18;2-1-3/h7-8,10,12-13H,3,5-6H2,1-2,4H3,(H,16,18)(H,19,20);1,3H2/t10-,12?,13?;/m0./s1. The van der Waals surface area contributed by atoms with Gasteiger partial charge in [0, 0.05) is 6.20 Å². The zero-order valence-electron chi connectivity index (χ0n) is 15.4. The topological polar surface area (TPSA) is 97.3 Å². The molecule has 2 aliphatic rings. The first kappa shape index (κ1) is 24.1. The Labute approximate surface area is 159 Å². The number of halogens is 2. The Morgan fingerprint density at radius 2 is 2.07 bits per heavy atom. The zero-order chi connectivity index (χ0) is 20.8. The van der Waals surface area contributed by atoms with Crippen LogP contribution in [0.25, 0.3) is 0 Å². The number of rotatable bonds is 6. The van der Waals surface area contributed by atoms with E-state index in [1.54, 1.807) is 20.8 Å². The smallest absolute Gasteiger partial charge is 0.352 e. The monoisotopic (exact) mass is 430 g/mol. The molecule has 27 heavy (non-hydrogen) atoms. The molecule has 2 heterocycles. The van der Waals surface area contributed by atoms with E-state index >= 15 is 0 Å². The first-order valence-corrected chi connectivity index (χ1v) is 10.6. The Morgan fingerprint density at radius 1 is 1.48 bits per heavy atom. The number of urea groups is 1. The van der Waals surface area contributed by atoms with Gasteiger partial charge in [0.15, 0.2) is 5.83 Å². The fraction of sp³-hybridized carbons (Fsp3) is 0.667. The zero-order valence-corrected chi connectivity index (χ0v) is 17.5. The Bertz CT molecular complexity index is 619. The number of nitrogens with one attached hydrogen (secondary N) is 1. The minimum atomic E-state index is -4.20. The van der Waals surface area contributed by atoms with Crippen LogP contribution in [0.5, 0.6) is 0 Å². The van der Waals surface area contributed by atoms with Crippen molar-refractivity contribution in [3.63, 3.8) is 0 Å². The van der Waals surface area contributed by atoms with Crippen LogP contribution in [0.1, 0.15) is 33.6 Å². The molecule has 0 aromatic carbocycles. The molecule has 5 atom stereocenters. The summed E-state index contributed by atoms with van der Waals surface area (Å²) in [5.74, 6) is -0.656. The maximum absolute atomic E-state index is 13.6. The fourth-order valence-electron chi connectivity index (χ4n) is 2.49. The predicted octanol–water partition coefficient (Wildman–Crippen LogP) is 3.56. The molecule has 8 nitrogen and oxygen atoms in total. The number of phosphoric ester groups is 1. The van der Waals surface area contributed by atoms with Gasteiger partial charge in [0.25, 0.3) is 0 Å². The summed E-state index contributed by atoms with van der Waals surface area (Å²) in [5.41, 5.74) is -0.102. The molecule has 0 aromatic heterocycles. The quantitative estimate of drug-likeness (QED) is 0.626. The highest BCUT2D eigenvalue weighted by Gasteiger charge is 2.39. The fourth-order valence-corrected chi connectivity index (χ4v) is 3.63. The average Bonchev–Trinajstić information content (AvgIpc) is 2.99. The van der Waals surface area contributed by atoms with Crippen molar-refractivity contribution in [2.24, 2.45) is 0 Å². The van der Waals surface area contributed by atoms with Crippen molar-refractivity contribution in [2.45, 2.75) is 58.2 Å². The van der Waals surface area contributed by atoms with E-state index in [4.69, 9.17) is 13.8 Å². The summed E-state index contributed by atoms with van der Waals surface area (Å²) < 4.78 is 51.3. The third kappa shape index (κ3) is 7.56. The number of nitrogens with zero attached hydrogens (tertiary/aromatic N) is 1. The molecule has 2 amide bonds. The number of phosphoric acid groups is 1. The first-order chi connectivity index (χ1) is 12.5. The van der Waals surface area contributed by atoms with Gasteiger partial charge in [-0.15, -0.1) is 9.24 Å². The second kappa shape index (κ2) is 10.6. The molecule has 2 N–H and O–H groups in total. The van der Waals surface area contributed by atoms with E-state index in [2.05, 4.69) is 11.9 Å². The number of carbonyl (C=O) groups is 1. The maximum Gasteiger partial charge on any atom is 0.472 e. The van der Waals surface area contributed by atoms with Crippen LogP contribution >= 0.6 is 17.1 Å². The van der Waals surface area contributed by atoms with Crippen LogP contribution < -0.4 is 5.32 Å². The second-order valence-electron chi connectivity index (χ2n) is 6.09. The van der Waals surface area contributed by atoms with Crippen molar-refractivity contribution in [1.29, 1.82) is 0 Å². The molecule has 156 valence electrons. The lowest BCUT2D eigenvalue weighted by atomic mass is 10.1. The lowest BCUT2D eigenvalue weighted by molar-refractivity contribution is -0.0641. The Kier molecular flexibility index (Phi) is 9.48. The molecular formula is C15H26F2N2O6P2. The number of allylic oxidation sites excluding steroid dienone is 1. The van der Waals surface area contributed by atoms with Gasteiger partial charge in [-0.3, -0.25) is 13.9 Å². The summed E-state index contributed by atoms with van der Waals surface area (Å²) in [6.07, 6.45) is -0.816. The number of hydrogen-bond acceptors (Lipinski definition) is 5. The van der Waals surface area contributed by atoms with Gasteiger partial charge >= 0.3 is 13.9 Å². The van der Waals surface area contributed by atoms with Gasteiger partial charge in [-0.1, -0.05) is 6.58 Å². The van der Waals surface area contributed by atoms with Gasteiger partial charge in [-0.05, 0) is 33.6 Å². The molecule has 0 aliphatic carbocycles. The highest BCUT2D eigenvalue weighted by Crippen LogP contribution is 2.47. The van der Waals surface area contributed by atoms with E-state index in [0.29, 0.717) is 12.8 Å². The maximum atomic E-state index is 13.6. The minimum absolute atomic E-state index is 0.102.